The van der Waals surface area contributed by atoms with Crippen LogP contribution in [0.3, 0.4) is 0 Å². The molecule has 0 aliphatic heterocycles. The molecule has 0 saturated carbocycles. The predicted octanol–water partition coefficient (Wildman–Crippen LogP) is 3.00. The zero-order valence-corrected chi connectivity index (χ0v) is 11.2. The number of pyridine rings is 1. The van der Waals surface area contributed by atoms with E-state index in [0.717, 1.165) is 33.7 Å². The van der Waals surface area contributed by atoms with Gasteiger partial charge >= 0.3 is 0 Å². The number of rotatable bonds is 2. The molecule has 102 valence electrons. The summed E-state index contributed by atoms with van der Waals surface area (Å²) in [5.41, 5.74) is 9.71. The van der Waals surface area contributed by atoms with Crippen LogP contribution in [0.25, 0.3) is 28.0 Å². The van der Waals surface area contributed by atoms with Crippen LogP contribution in [0.15, 0.2) is 61.3 Å². The topological polar surface area (TPSA) is 72.5 Å². The molecule has 0 amide bonds. The van der Waals surface area contributed by atoms with Gasteiger partial charge in [0.1, 0.15) is 12.1 Å². The number of aromatic nitrogens is 4. The third kappa shape index (κ3) is 2.04. The van der Waals surface area contributed by atoms with Crippen LogP contribution >= 0.6 is 0 Å². The van der Waals surface area contributed by atoms with Gasteiger partial charge in [0, 0.05) is 46.4 Å². The van der Waals surface area contributed by atoms with Gasteiger partial charge < -0.3 is 10.7 Å². The maximum absolute atomic E-state index is 5.81. The van der Waals surface area contributed by atoms with Crippen molar-refractivity contribution < 1.29 is 0 Å². The minimum Gasteiger partial charge on any atom is -0.399 e. The Morgan fingerprint density at radius 3 is 2.81 bits per heavy atom. The molecule has 1 aromatic carbocycles. The highest BCUT2D eigenvalue weighted by molar-refractivity contribution is 5.88. The second-order valence-corrected chi connectivity index (χ2v) is 4.90. The van der Waals surface area contributed by atoms with Gasteiger partial charge in [-0.2, -0.15) is 0 Å². The normalized spacial score (nSPS) is 11.0. The molecule has 3 N–H and O–H groups in total. The standard InChI is InChI=1S/C16H13N5/c17-13-2-3-14-12(7-13)8-15(20-14)11-1-4-16(19-9-11)21-6-5-18-10-21/h1-10,20H,17H2. The molecule has 0 aliphatic carbocycles. The van der Waals surface area contributed by atoms with Gasteiger partial charge in [-0.1, -0.05) is 0 Å². The van der Waals surface area contributed by atoms with Crippen molar-refractivity contribution in [3.05, 3.63) is 61.3 Å². The zero-order valence-electron chi connectivity index (χ0n) is 11.2. The van der Waals surface area contributed by atoms with E-state index < -0.39 is 0 Å². The quantitative estimate of drug-likeness (QED) is 0.552. The maximum atomic E-state index is 5.81. The number of imidazole rings is 1. The van der Waals surface area contributed by atoms with Crippen LogP contribution in [0.4, 0.5) is 5.69 Å². The molecular formula is C16H13N5. The van der Waals surface area contributed by atoms with Gasteiger partial charge in [-0.3, -0.25) is 4.57 Å². The highest BCUT2D eigenvalue weighted by Gasteiger charge is 2.05. The Morgan fingerprint density at radius 1 is 1.10 bits per heavy atom. The van der Waals surface area contributed by atoms with Gasteiger partial charge in [0.15, 0.2) is 0 Å². The first-order valence-corrected chi connectivity index (χ1v) is 6.62. The van der Waals surface area contributed by atoms with Gasteiger partial charge in [-0.25, -0.2) is 9.97 Å². The fraction of sp³-hybridized carbons (Fsp3) is 0. The van der Waals surface area contributed by atoms with E-state index in [-0.39, 0.29) is 0 Å². The van der Waals surface area contributed by atoms with Crippen molar-refractivity contribution in [1.82, 2.24) is 19.5 Å². The van der Waals surface area contributed by atoms with Gasteiger partial charge in [0.05, 0.1) is 0 Å². The van der Waals surface area contributed by atoms with E-state index in [1.54, 1.807) is 12.5 Å². The molecule has 5 nitrogen and oxygen atoms in total. The number of aromatic amines is 1. The van der Waals surface area contributed by atoms with E-state index in [9.17, 15) is 0 Å². The lowest BCUT2D eigenvalue weighted by atomic mass is 10.2. The van der Waals surface area contributed by atoms with Crippen molar-refractivity contribution in [1.29, 1.82) is 0 Å². The third-order valence-electron chi connectivity index (χ3n) is 3.47. The lowest BCUT2D eigenvalue weighted by Crippen LogP contribution is -1.93. The van der Waals surface area contributed by atoms with Crippen LogP contribution < -0.4 is 5.73 Å². The second-order valence-electron chi connectivity index (χ2n) is 4.90. The Kier molecular flexibility index (Phi) is 2.50. The van der Waals surface area contributed by atoms with E-state index in [1.807, 2.05) is 47.3 Å². The number of hydrogen-bond acceptors (Lipinski definition) is 3. The number of nitrogen functional groups attached to an aromatic ring is 1. The number of fused-ring (bicyclic) bond motifs is 1. The van der Waals surface area contributed by atoms with E-state index in [4.69, 9.17) is 5.73 Å². The average Bonchev–Trinajstić information content (AvgIpc) is 3.16. The summed E-state index contributed by atoms with van der Waals surface area (Å²) in [6.45, 7) is 0. The number of nitrogens with zero attached hydrogens (tertiary/aromatic N) is 3. The monoisotopic (exact) mass is 275 g/mol. The molecular weight excluding hydrogens is 262 g/mol. The number of H-pyrrole nitrogens is 1. The minimum atomic E-state index is 0.765. The molecule has 5 heteroatoms. The zero-order chi connectivity index (χ0) is 14.2. The Morgan fingerprint density at radius 2 is 2.05 bits per heavy atom. The molecule has 0 saturated heterocycles. The first kappa shape index (κ1) is 11.7. The second kappa shape index (κ2) is 4.49. The van der Waals surface area contributed by atoms with Gasteiger partial charge in [-0.15, -0.1) is 0 Å². The number of hydrogen-bond donors (Lipinski definition) is 2. The first-order valence-electron chi connectivity index (χ1n) is 6.62. The van der Waals surface area contributed by atoms with Crippen LogP contribution in [-0.2, 0) is 0 Å². The molecule has 0 bridgehead atoms. The Hall–Kier alpha value is -3.08. The van der Waals surface area contributed by atoms with Crippen molar-refractivity contribution in [2.45, 2.75) is 0 Å². The summed E-state index contributed by atoms with van der Waals surface area (Å²) < 4.78 is 1.87. The summed E-state index contributed by atoms with van der Waals surface area (Å²) in [6, 6.07) is 11.9. The summed E-state index contributed by atoms with van der Waals surface area (Å²) in [4.78, 5) is 11.9. The SMILES string of the molecule is Nc1ccc2[nH]c(-c3ccc(-n4ccnc4)nc3)cc2c1. The molecule has 3 aromatic heterocycles. The van der Waals surface area contributed by atoms with Crippen molar-refractivity contribution in [3.8, 4) is 17.1 Å². The molecule has 0 atom stereocenters. The maximum Gasteiger partial charge on any atom is 0.137 e. The van der Waals surface area contributed by atoms with Gasteiger partial charge in [0.25, 0.3) is 0 Å². The van der Waals surface area contributed by atoms with E-state index in [2.05, 4.69) is 21.0 Å². The van der Waals surface area contributed by atoms with Gasteiger partial charge in [0.2, 0.25) is 0 Å². The molecule has 0 aliphatic rings. The Balaban J connectivity index is 1.74. The molecule has 0 fully saturated rings. The summed E-state index contributed by atoms with van der Waals surface area (Å²) in [5.74, 6) is 0.844. The smallest absolute Gasteiger partial charge is 0.137 e. The fourth-order valence-corrected chi connectivity index (χ4v) is 2.40. The molecule has 0 unspecified atom stereocenters. The van der Waals surface area contributed by atoms with Crippen molar-refractivity contribution in [3.63, 3.8) is 0 Å². The summed E-state index contributed by atoms with van der Waals surface area (Å²) in [5, 5.41) is 1.10. The van der Waals surface area contributed by atoms with E-state index in [0.29, 0.717) is 0 Å². The first-order chi connectivity index (χ1) is 10.3. The summed E-state index contributed by atoms with van der Waals surface area (Å²) in [7, 11) is 0. The minimum absolute atomic E-state index is 0.765. The predicted molar refractivity (Wildman–Crippen MR) is 83.1 cm³/mol. The summed E-state index contributed by atoms with van der Waals surface area (Å²) in [6.07, 6.45) is 7.18. The molecule has 0 radical (unpaired) electrons. The van der Waals surface area contributed by atoms with Crippen molar-refractivity contribution >= 4 is 16.6 Å². The van der Waals surface area contributed by atoms with Crippen LogP contribution in [-0.4, -0.2) is 19.5 Å². The molecule has 0 spiro atoms. The lowest BCUT2D eigenvalue weighted by Gasteiger charge is -2.02. The van der Waals surface area contributed by atoms with Crippen LogP contribution in [0.1, 0.15) is 0 Å². The number of anilines is 1. The van der Waals surface area contributed by atoms with Crippen LogP contribution in [0.5, 0.6) is 0 Å². The van der Waals surface area contributed by atoms with E-state index in [1.165, 1.54) is 0 Å². The van der Waals surface area contributed by atoms with Crippen LogP contribution in [0.2, 0.25) is 0 Å². The molecule has 21 heavy (non-hydrogen) atoms. The number of nitrogens with one attached hydrogen (secondary N) is 1. The fourth-order valence-electron chi connectivity index (χ4n) is 2.40. The lowest BCUT2D eigenvalue weighted by molar-refractivity contribution is 0.993. The Labute approximate surface area is 121 Å². The highest BCUT2D eigenvalue weighted by atomic mass is 15.1. The average molecular weight is 275 g/mol. The van der Waals surface area contributed by atoms with Crippen molar-refractivity contribution in [2.24, 2.45) is 0 Å². The highest BCUT2D eigenvalue weighted by Crippen LogP contribution is 2.25. The third-order valence-corrected chi connectivity index (χ3v) is 3.47. The molecule has 3 heterocycles. The summed E-state index contributed by atoms with van der Waals surface area (Å²) >= 11 is 0. The molecule has 4 aromatic rings. The number of nitrogens with two attached hydrogens (primary N) is 1. The van der Waals surface area contributed by atoms with E-state index >= 15 is 0 Å². The van der Waals surface area contributed by atoms with Crippen molar-refractivity contribution in [2.75, 3.05) is 5.73 Å². The Bertz CT molecular complexity index is 888. The van der Waals surface area contributed by atoms with Gasteiger partial charge in [-0.05, 0) is 36.4 Å². The largest absolute Gasteiger partial charge is 0.399 e. The molecule has 4 rings (SSSR count). The van der Waals surface area contributed by atoms with Crippen LogP contribution in [0, 0.1) is 0 Å². The number of benzene rings is 1.